The van der Waals surface area contributed by atoms with E-state index in [1.165, 1.54) is 6.07 Å². The lowest BCUT2D eigenvalue weighted by Crippen LogP contribution is -2.48. The molecule has 1 aromatic carbocycles. The summed E-state index contributed by atoms with van der Waals surface area (Å²) in [4.78, 5) is 0. The first-order chi connectivity index (χ1) is 9.80. The predicted molar refractivity (Wildman–Crippen MR) is 85.4 cm³/mol. The van der Waals surface area contributed by atoms with E-state index in [2.05, 4.69) is 26.1 Å². The molecule has 2 rings (SSSR count). The second-order valence-electron chi connectivity index (χ2n) is 7.17. The van der Waals surface area contributed by atoms with Gasteiger partial charge in [0.15, 0.2) is 0 Å². The van der Waals surface area contributed by atoms with E-state index in [1.54, 1.807) is 12.1 Å². The summed E-state index contributed by atoms with van der Waals surface area (Å²) in [6, 6.07) is 4.95. The maximum atomic E-state index is 14.1. The van der Waals surface area contributed by atoms with Crippen molar-refractivity contribution in [1.29, 1.82) is 0 Å². The molecule has 2 nitrogen and oxygen atoms in total. The van der Waals surface area contributed by atoms with Gasteiger partial charge in [-0.2, -0.15) is 0 Å². The van der Waals surface area contributed by atoms with Crippen LogP contribution in [-0.2, 0) is 11.2 Å². The Morgan fingerprint density at radius 2 is 2.14 bits per heavy atom. The van der Waals surface area contributed by atoms with Crippen LogP contribution in [0.25, 0.3) is 0 Å². The highest BCUT2D eigenvalue weighted by Crippen LogP contribution is 2.33. The SMILES string of the molecule is CC(C)(C)NCC1(Cc2ccc(Cl)cc2F)CCCOC1. The van der Waals surface area contributed by atoms with Crippen molar-refractivity contribution >= 4 is 11.6 Å². The zero-order valence-electron chi connectivity index (χ0n) is 13.1. The molecule has 4 heteroatoms. The van der Waals surface area contributed by atoms with E-state index in [0.717, 1.165) is 31.6 Å². The maximum absolute atomic E-state index is 14.1. The monoisotopic (exact) mass is 313 g/mol. The smallest absolute Gasteiger partial charge is 0.127 e. The fourth-order valence-electron chi connectivity index (χ4n) is 2.77. The fourth-order valence-corrected chi connectivity index (χ4v) is 2.93. The molecule has 1 heterocycles. The molecule has 1 fully saturated rings. The molecule has 1 atom stereocenters. The molecule has 0 aliphatic carbocycles. The Hall–Kier alpha value is -0.640. The minimum Gasteiger partial charge on any atom is -0.381 e. The number of ether oxygens (including phenoxy) is 1. The van der Waals surface area contributed by atoms with Gasteiger partial charge in [0.2, 0.25) is 0 Å². The van der Waals surface area contributed by atoms with Crippen LogP contribution in [0.4, 0.5) is 4.39 Å². The number of hydrogen-bond donors (Lipinski definition) is 1. The van der Waals surface area contributed by atoms with Gasteiger partial charge in [0, 0.05) is 29.1 Å². The van der Waals surface area contributed by atoms with E-state index in [-0.39, 0.29) is 16.8 Å². The first-order valence-corrected chi connectivity index (χ1v) is 7.94. The van der Waals surface area contributed by atoms with Crippen molar-refractivity contribution in [1.82, 2.24) is 5.32 Å². The van der Waals surface area contributed by atoms with Gasteiger partial charge < -0.3 is 10.1 Å². The van der Waals surface area contributed by atoms with E-state index in [1.807, 2.05) is 0 Å². The summed E-state index contributed by atoms with van der Waals surface area (Å²) >= 11 is 5.84. The molecule has 0 bridgehead atoms. The molecule has 0 spiro atoms. The molecular formula is C17H25ClFNO. The molecule has 1 aromatic rings. The highest BCUT2D eigenvalue weighted by atomic mass is 35.5. The lowest BCUT2D eigenvalue weighted by Gasteiger charge is -2.39. The van der Waals surface area contributed by atoms with Gasteiger partial charge in [-0.25, -0.2) is 4.39 Å². The average Bonchev–Trinajstić information content (AvgIpc) is 2.41. The molecule has 0 amide bonds. The molecule has 21 heavy (non-hydrogen) atoms. The molecule has 1 N–H and O–H groups in total. The fraction of sp³-hybridized carbons (Fsp3) is 0.647. The Morgan fingerprint density at radius 1 is 1.38 bits per heavy atom. The third-order valence-electron chi connectivity index (χ3n) is 3.98. The summed E-state index contributed by atoms with van der Waals surface area (Å²) < 4.78 is 19.8. The summed E-state index contributed by atoms with van der Waals surface area (Å²) in [5.74, 6) is -0.219. The summed E-state index contributed by atoms with van der Waals surface area (Å²) in [5.41, 5.74) is 0.726. The van der Waals surface area contributed by atoms with Crippen LogP contribution in [0.3, 0.4) is 0 Å². The normalized spacial score (nSPS) is 23.3. The molecule has 0 radical (unpaired) electrons. The third kappa shape index (κ3) is 4.94. The predicted octanol–water partition coefficient (Wildman–Crippen LogP) is 4.21. The Bertz CT molecular complexity index is 478. The zero-order valence-corrected chi connectivity index (χ0v) is 13.9. The molecule has 1 aliphatic heterocycles. The Kier molecular flexibility index (Phi) is 5.29. The van der Waals surface area contributed by atoms with Crippen LogP contribution < -0.4 is 5.32 Å². The van der Waals surface area contributed by atoms with E-state index in [4.69, 9.17) is 16.3 Å². The van der Waals surface area contributed by atoms with Crippen molar-refractivity contribution in [3.8, 4) is 0 Å². The van der Waals surface area contributed by atoms with E-state index in [0.29, 0.717) is 18.1 Å². The summed E-state index contributed by atoms with van der Waals surface area (Å²) in [5, 5.41) is 4.00. The topological polar surface area (TPSA) is 21.3 Å². The largest absolute Gasteiger partial charge is 0.381 e. The second-order valence-corrected chi connectivity index (χ2v) is 7.61. The van der Waals surface area contributed by atoms with Crippen molar-refractivity contribution in [2.45, 2.75) is 45.6 Å². The summed E-state index contributed by atoms with van der Waals surface area (Å²) in [7, 11) is 0. The standard InChI is InChI=1S/C17H25ClFNO/c1-16(2,3)20-11-17(7-4-8-21-12-17)10-13-5-6-14(18)9-15(13)19/h5-6,9,20H,4,7-8,10-12H2,1-3H3. The van der Waals surface area contributed by atoms with Gasteiger partial charge in [0.05, 0.1) is 6.61 Å². The van der Waals surface area contributed by atoms with Gasteiger partial charge in [-0.15, -0.1) is 0 Å². The minimum absolute atomic E-state index is 0.0415. The number of halogens is 2. The van der Waals surface area contributed by atoms with Crippen molar-refractivity contribution in [3.05, 3.63) is 34.6 Å². The van der Waals surface area contributed by atoms with Gasteiger partial charge in [0.1, 0.15) is 5.82 Å². The van der Waals surface area contributed by atoms with Crippen LogP contribution in [0.2, 0.25) is 5.02 Å². The quantitative estimate of drug-likeness (QED) is 0.899. The van der Waals surface area contributed by atoms with Gasteiger partial charge in [-0.05, 0) is 57.7 Å². The van der Waals surface area contributed by atoms with Crippen LogP contribution >= 0.6 is 11.6 Å². The highest BCUT2D eigenvalue weighted by Gasteiger charge is 2.34. The van der Waals surface area contributed by atoms with Crippen molar-refractivity contribution < 1.29 is 9.13 Å². The van der Waals surface area contributed by atoms with Gasteiger partial charge >= 0.3 is 0 Å². The highest BCUT2D eigenvalue weighted by molar-refractivity contribution is 6.30. The van der Waals surface area contributed by atoms with Crippen LogP contribution in [0.1, 0.15) is 39.2 Å². The van der Waals surface area contributed by atoms with Gasteiger partial charge in [-0.3, -0.25) is 0 Å². The number of hydrogen-bond acceptors (Lipinski definition) is 2. The number of nitrogens with one attached hydrogen (secondary N) is 1. The van der Waals surface area contributed by atoms with E-state index >= 15 is 0 Å². The molecule has 0 aromatic heterocycles. The molecule has 1 saturated heterocycles. The number of benzene rings is 1. The van der Waals surface area contributed by atoms with Crippen molar-refractivity contribution in [2.75, 3.05) is 19.8 Å². The maximum Gasteiger partial charge on any atom is 0.127 e. The Balaban J connectivity index is 2.15. The molecule has 118 valence electrons. The van der Waals surface area contributed by atoms with Crippen LogP contribution in [-0.4, -0.2) is 25.3 Å². The Labute approximate surface area is 132 Å². The van der Waals surface area contributed by atoms with Gasteiger partial charge in [-0.1, -0.05) is 17.7 Å². The molecule has 1 unspecified atom stereocenters. The molecule has 1 aliphatic rings. The van der Waals surface area contributed by atoms with E-state index < -0.39 is 0 Å². The minimum atomic E-state index is -0.219. The first kappa shape index (κ1) is 16.7. The van der Waals surface area contributed by atoms with Gasteiger partial charge in [0.25, 0.3) is 0 Å². The lowest BCUT2D eigenvalue weighted by atomic mass is 9.76. The van der Waals surface area contributed by atoms with Crippen LogP contribution in [0.5, 0.6) is 0 Å². The first-order valence-electron chi connectivity index (χ1n) is 7.56. The molecule has 0 saturated carbocycles. The summed E-state index contributed by atoms with van der Waals surface area (Å²) in [6.07, 6.45) is 2.76. The van der Waals surface area contributed by atoms with Crippen molar-refractivity contribution in [2.24, 2.45) is 5.41 Å². The van der Waals surface area contributed by atoms with Crippen LogP contribution in [0, 0.1) is 11.2 Å². The number of rotatable bonds is 4. The van der Waals surface area contributed by atoms with Crippen LogP contribution in [0.15, 0.2) is 18.2 Å². The van der Waals surface area contributed by atoms with Crippen molar-refractivity contribution in [3.63, 3.8) is 0 Å². The Morgan fingerprint density at radius 3 is 2.71 bits per heavy atom. The van der Waals surface area contributed by atoms with E-state index in [9.17, 15) is 4.39 Å². The zero-order chi connectivity index (χ0) is 15.5. The molecular weight excluding hydrogens is 289 g/mol. The lowest BCUT2D eigenvalue weighted by molar-refractivity contribution is -0.0103. The third-order valence-corrected chi connectivity index (χ3v) is 4.21. The second kappa shape index (κ2) is 6.64. The summed E-state index contributed by atoms with van der Waals surface area (Å²) in [6.45, 7) is 8.75. The average molecular weight is 314 g/mol.